The molecule has 2 heterocycles. The summed E-state index contributed by atoms with van der Waals surface area (Å²) < 4.78 is 5.70. The van der Waals surface area contributed by atoms with E-state index in [9.17, 15) is 14.7 Å². The number of morpholine rings is 1. The summed E-state index contributed by atoms with van der Waals surface area (Å²) in [6.07, 6.45) is -0.175. The molecule has 2 aromatic rings. The van der Waals surface area contributed by atoms with Gasteiger partial charge in [-0.25, -0.2) is 0 Å². The molecule has 0 spiro atoms. The predicted octanol–water partition coefficient (Wildman–Crippen LogP) is 2.36. The second-order valence-electron chi connectivity index (χ2n) is 6.33. The lowest BCUT2D eigenvalue weighted by molar-refractivity contribution is -0.125. The maximum absolute atomic E-state index is 11.9. The molecule has 1 aliphatic heterocycles. The maximum atomic E-state index is 11.9. The van der Waals surface area contributed by atoms with Gasteiger partial charge in [-0.15, -0.1) is 11.3 Å². The number of aliphatic hydroxyl groups excluding tert-OH is 1. The molecule has 0 radical (unpaired) electrons. The molecule has 1 aromatic carbocycles. The van der Waals surface area contributed by atoms with Crippen molar-refractivity contribution in [3.05, 3.63) is 45.6 Å². The number of nitrogens with one attached hydrogen (secondary N) is 2. The molecule has 7 nitrogen and oxygen atoms in total. The van der Waals surface area contributed by atoms with Crippen LogP contribution in [0.15, 0.2) is 36.4 Å². The molecule has 28 heavy (non-hydrogen) atoms. The number of nitrogens with zero attached hydrogens (tertiary/aromatic N) is 1. The van der Waals surface area contributed by atoms with Crippen molar-refractivity contribution in [2.24, 2.45) is 0 Å². The Labute approximate surface area is 172 Å². The zero-order valence-electron chi connectivity index (χ0n) is 15.2. The van der Waals surface area contributed by atoms with Crippen molar-refractivity contribution in [1.82, 2.24) is 5.32 Å². The average Bonchev–Trinajstić information content (AvgIpc) is 3.14. The largest absolute Gasteiger partial charge is 0.391 e. The fourth-order valence-corrected chi connectivity index (χ4v) is 3.72. The Hall–Kier alpha value is -2.13. The minimum atomic E-state index is -0.604. The third kappa shape index (κ3) is 5.68. The first-order valence-electron chi connectivity index (χ1n) is 8.96. The minimum Gasteiger partial charge on any atom is -0.391 e. The first kappa shape index (κ1) is 20.6. The van der Waals surface area contributed by atoms with Gasteiger partial charge in [-0.3, -0.25) is 9.59 Å². The van der Waals surface area contributed by atoms with E-state index in [1.54, 1.807) is 17.0 Å². The molecule has 0 aliphatic carbocycles. The highest BCUT2D eigenvalue weighted by atomic mass is 35.5. The molecule has 1 atom stereocenters. The van der Waals surface area contributed by atoms with Crippen LogP contribution in [0.25, 0.3) is 0 Å². The fourth-order valence-electron chi connectivity index (χ4n) is 2.76. The monoisotopic (exact) mass is 423 g/mol. The standard InChI is InChI=1S/C19H22ClN3O4S/c20-17-6-5-16(28-17)19(26)21-8-7-15(24)11-22-13-1-3-14(4-2-13)23-9-10-27-12-18(23)25/h1-6,15,22,24H,7-12H2,(H,21,26)/t15-/m0/s1. The van der Waals surface area contributed by atoms with E-state index in [2.05, 4.69) is 10.6 Å². The molecular formula is C19H22ClN3O4S. The van der Waals surface area contributed by atoms with Gasteiger partial charge in [0.2, 0.25) is 0 Å². The molecule has 0 saturated carbocycles. The highest BCUT2D eigenvalue weighted by molar-refractivity contribution is 7.17. The van der Waals surface area contributed by atoms with Crippen molar-refractivity contribution >= 4 is 46.1 Å². The van der Waals surface area contributed by atoms with E-state index in [1.165, 1.54) is 11.3 Å². The van der Waals surface area contributed by atoms with Gasteiger partial charge in [0.15, 0.2) is 0 Å². The quantitative estimate of drug-likeness (QED) is 0.606. The van der Waals surface area contributed by atoms with Crippen LogP contribution in [0.3, 0.4) is 0 Å². The van der Waals surface area contributed by atoms with Crippen molar-refractivity contribution in [3.63, 3.8) is 0 Å². The number of hydrogen-bond donors (Lipinski definition) is 3. The number of benzene rings is 1. The molecule has 1 aliphatic rings. The molecule has 9 heteroatoms. The van der Waals surface area contributed by atoms with Crippen LogP contribution in [-0.2, 0) is 9.53 Å². The number of anilines is 2. The second kappa shape index (κ2) is 9.88. The molecule has 1 fully saturated rings. The van der Waals surface area contributed by atoms with Gasteiger partial charge in [-0.1, -0.05) is 11.6 Å². The normalized spacial score (nSPS) is 15.4. The summed E-state index contributed by atoms with van der Waals surface area (Å²) in [6, 6.07) is 10.8. The van der Waals surface area contributed by atoms with Crippen molar-refractivity contribution < 1.29 is 19.4 Å². The predicted molar refractivity (Wildman–Crippen MR) is 110 cm³/mol. The highest BCUT2D eigenvalue weighted by Gasteiger charge is 2.19. The number of rotatable bonds is 8. The van der Waals surface area contributed by atoms with Gasteiger partial charge >= 0.3 is 0 Å². The molecule has 0 bridgehead atoms. The lowest BCUT2D eigenvalue weighted by Crippen LogP contribution is -2.41. The lowest BCUT2D eigenvalue weighted by Gasteiger charge is -2.27. The van der Waals surface area contributed by atoms with E-state index in [0.29, 0.717) is 41.9 Å². The summed E-state index contributed by atoms with van der Waals surface area (Å²) in [4.78, 5) is 26.0. The van der Waals surface area contributed by atoms with Gasteiger partial charge in [0.05, 0.1) is 21.9 Å². The summed E-state index contributed by atoms with van der Waals surface area (Å²) in [5.74, 6) is -0.237. The van der Waals surface area contributed by atoms with Crippen molar-refractivity contribution in [1.29, 1.82) is 0 Å². The zero-order valence-corrected chi connectivity index (χ0v) is 16.8. The summed E-state index contributed by atoms with van der Waals surface area (Å²) in [5, 5.41) is 16.0. The van der Waals surface area contributed by atoms with Gasteiger partial charge in [-0.05, 0) is 42.8 Å². The fraction of sp³-hybridized carbons (Fsp3) is 0.368. The van der Waals surface area contributed by atoms with Crippen molar-refractivity contribution in [2.75, 3.05) is 43.1 Å². The molecule has 3 rings (SSSR count). The zero-order chi connectivity index (χ0) is 19.9. The molecular weight excluding hydrogens is 402 g/mol. The van der Waals surface area contributed by atoms with Crippen LogP contribution >= 0.6 is 22.9 Å². The van der Waals surface area contributed by atoms with E-state index in [0.717, 1.165) is 11.4 Å². The molecule has 0 unspecified atom stereocenters. The summed E-state index contributed by atoms with van der Waals surface area (Å²) in [6.45, 7) is 1.93. The molecule has 150 valence electrons. The molecule has 2 amide bonds. The lowest BCUT2D eigenvalue weighted by atomic mass is 10.2. The number of aliphatic hydroxyl groups is 1. The third-order valence-electron chi connectivity index (χ3n) is 4.27. The first-order valence-corrected chi connectivity index (χ1v) is 10.2. The van der Waals surface area contributed by atoms with Crippen LogP contribution in [0.4, 0.5) is 11.4 Å². The molecule has 3 N–H and O–H groups in total. The molecule has 1 aromatic heterocycles. The minimum absolute atomic E-state index is 0.0470. The topological polar surface area (TPSA) is 90.9 Å². The summed E-state index contributed by atoms with van der Waals surface area (Å²) in [5.41, 5.74) is 1.68. The third-order valence-corrected chi connectivity index (χ3v) is 5.50. The number of thiophene rings is 1. The Kier molecular flexibility index (Phi) is 7.27. The number of ether oxygens (including phenoxy) is 1. The number of carbonyl (C=O) groups excluding carboxylic acids is 2. The van der Waals surface area contributed by atoms with Gasteiger partial charge < -0.3 is 25.4 Å². The summed E-state index contributed by atoms with van der Waals surface area (Å²) in [7, 11) is 0. The smallest absolute Gasteiger partial charge is 0.261 e. The highest BCUT2D eigenvalue weighted by Crippen LogP contribution is 2.21. The van der Waals surface area contributed by atoms with E-state index < -0.39 is 6.10 Å². The van der Waals surface area contributed by atoms with Gasteiger partial charge in [0.1, 0.15) is 6.61 Å². The Bertz CT molecular complexity index is 812. The van der Waals surface area contributed by atoms with Crippen LogP contribution in [0.5, 0.6) is 0 Å². The van der Waals surface area contributed by atoms with Gasteiger partial charge in [0.25, 0.3) is 11.8 Å². The Morgan fingerprint density at radius 3 is 2.75 bits per heavy atom. The van der Waals surface area contributed by atoms with E-state index in [4.69, 9.17) is 16.3 Å². The second-order valence-corrected chi connectivity index (χ2v) is 8.04. The Morgan fingerprint density at radius 2 is 2.07 bits per heavy atom. The number of amides is 2. The Morgan fingerprint density at radius 1 is 1.29 bits per heavy atom. The Balaban J connectivity index is 1.38. The number of halogens is 1. The van der Waals surface area contributed by atoms with Gasteiger partial charge in [-0.2, -0.15) is 0 Å². The summed E-state index contributed by atoms with van der Waals surface area (Å²) >= 11 is 7.04. The van der Waals surface area contributed by atoms with E-state index in [1.807, 2.05) is 24.3 Å². The van der Waals surface area contributed by atoms with Gasteiger partial charge in [0, 0.05) is 31.0 Å². The number of carbonyl (C=O) groups is 2. The van der Waals surface area contributed by atoms with Crippen LogP contribution in [0, 0.1) is 0 Å². The van der Waals surface area contributed by atoms with Crippen LogP contribution < -0.4 is 15.5 Å². The SMILES string of the molecule is O=C(NCC[C@H](O)CNc1ccc(N2CCOCC2=O)cc1)c1ccc(Cl)s1. The van der Waals surface area contributed by atoms with Crippen molar-refractivity contribution in [2.45, 2.75) is 12.5 Å². The van der Waals surface area contributed by atoms with Crippen LogP contribution in [0.2, 0.25) is 4.34 Å². The van der Waals surface area contributed by atoms with E-state index >= 15 is 0 Å². The number of hydrogen-bond acceptors (Lipinski definition) is 6. The maximum Gasteiger partial charge on any atom is 0.261 e. The van der Waals surface area contributed by atoms with Crippen molar-refractivity contribution in [3.8, 4) is 0 Å². The van der Waals surface area contributed by atoms with Crippen LogP contribution in [0.1, 0.15) is 16.1 Å². The average molecular weight is 424 g/mol. The molecule has 1 saturated heterocycles. The van der Waals surface area contributed by atoms with E-state index in [-0.39, 0.29) is 18.4 Å². The first-order chi connectivity index (χ1) is 13.5. The van der Waals surface area contributed by atoms with Crippen LogP contribution in [-0.4, -0.2) is 55.9 Å².